The highest BCUT2D eigenvalue weighted by atomic mass is 32.1. The molecule has 1 aliphatic heterocycles. The number of nitrogens with zero attached hydrogens (tertiary/aromatic N) is 1. The number of fused-ring (bicyclic) bond motifs is 1. The summed E-state index contributed by atoms with van der Waals surface area (Å²) in [5.41, 5.74) is 8.09. The number of thiophene rings is 1. The van der Waals surface area contributed by atoms with Crippen molar-refractivity contribution in [3.63, 3.8) is 0 Å². The van der Waals surface area contributed by atoms with Crippen molar-refractivity contribution in [3.8, 4) is 0 Å². The van der Waals surface area contributed by atoms with Crippen LogP contribution < -0.4 is 5.73 Å². The van der Waals surface area contributed by atoms with Crippen LogP contribution in [-0.2, 0) is 0 Å². The van der Waals surface area contributed by atoms with Crippen LogP contribution in [0.25, 0.3) is 10.1 Å². The topological polar surface area (TPSA) is 46.3 Å². The summed E-state index contributed by atoms with van der Waals surface area (Å²) in [4.78, 5) is 15.7. The molecule has 2 aromatic rings. The van der Waals surface area contributed by atoms with Gasteiger partial charge in [0.1, 0.15) is 4.88 Å². The van der Waals surface area contributed by atoms with E-state index in [1.807, 2.05) is 11.8 Å². The molecule has 0 spiro atoms. The lowest BCUT2D eigenvalue weighted by atomic mass is 9.97. The van der Waals surface area contributed by atoms with Gasteiger partial charge >= 0.3 is 0 Å². The van der Waals surface area contributed by atoms with Crippen LogP contribution in [-0.4, -0.2) is 22.9 Å². The van der Waals surface area contributed by atoms with Crippen molar-refractivity contribution in [1.82, 2.24) is 4.90 Å². The first-order chi connectivity index (χ1) is 9.99. The van der Waals surface area contributed by atoms with Crippen molar-refractivity contribution in [2.45, 2.75) is 52.1 Å². The highest BCUT2D eigenvalue weighted by molar-refractivity contribution is 7.21. The first kappa shape index (κ1) is 14.4. The van der Waals surface area contributed by atoms with Gasteiger partial charge in [0.05, 0.1) is 5.69 Å². The molecule has 1 fully saturated rings. The van der Waals surface area contributed by atoms with Crippen molar-refractivity contribution in [2.75, 3.05) is 5.73 Å². The molecule has 21 heavy (non-hydrogen) atoms. The van der Waals surface area contributed by atoms with E-state index in [4.69, 9.17) is 5.73 Å². The van der Waals surface area contributed by atoms with Crippen LogP contribution in [0.4, 0.5) is 5.69 Å². The molecule has 0 aliphatic carbocycles. The van der Waals surface area contributed by atoms with E-state index < -0.39 is 0 Å². The number of aryl methyl sites for hydroxylation is 1. The predicted molar refractivity (Wildman–Crippen MR) is 89.9 cm³/mol. The second kappa shape index (κ2) is 5.34. The van der Waals surface area contributed by atoms with Gasteiger partial charge in [0.2, 0.25) is 0 Å². The smallest absolute Gasteiger partial charge is 0.266 e. The summed E-state index contributed by atoms with van der Waals surface area (Å²) in [6.07, 6.45) is 3.37. The van der Waals surface area contributed by atoms with Gasteiger partial charge in [-0.2, -0.15) is 0 Å². The minimum Gasteiger partial charge on any atom is -0.397 e. The second-order valence-electron chi connectivity index (χ2n) is 6.19. The van der Waals surface area contributed by atoms with Crippen molar-refractivity contribution in [2.24, 2.45) is 0 Å². The number of carbonyl (C=O) groups excluding carboxylic acids is 1. The molecule has 2 atom stereocenters. The number of nitrogens with two attached hydrogens (primary N) is 1. The Balaban J connectivity index is 2.03. The van der Waals surface area contributed by atoms with Crippen LogP contribution in [0.5, 0.6) is 0 Å². The lowest BCUT2D eigenvalue weighted by Crippen LogP contribution is -2.47. The Hall–Kier alpha value is -1.55. The minimum absolute atomic E-state index is 0.103. The fourth-order valence-corrected chi connectivity index (χ4v) is 4.38. The number of rotatable bonds is 1. The molecule has 0 bridgehead atoms. The van der Waals surface area contributed by atoms with E-state index in [0.29, 0.717) is 22.6 Å². The lowest BCUT2D eigenvalue weighted by molar-refractivity contribution is 0.0517. The quantitative estimate of drug-likeness (QED) is 0.858. The van der Waals surface area contributed by atoms with Crippen molar-refractivity contribution < 1.29 is 4.79 Å². The van der Waals surface area contributed by atoms with Crippen LogP contribution in [0.3, 0.4) is 0 Å². The number of anilines is 1. The van der Waals surface area contributed by atoms with Crippen LogP contribution in [0.2, 0.25) is 0 Å². The molecule has 3 rings (SSSR count). The molecular formula is C17H22N2OS. The summed E-state index contributed by atoms with van der Waals surface area (Å²) in [7, 11) is 0. The van der Waals surface area contributed by atoms with Gasteiger partial charge in [-0.05, 0) is 52.2 Å². The maximum absolute atomic E-state index is 13.0. The van der Waals surface area contributed by atoms with E-state index >= 15 is 0 Å². The number of hydrogen-bond acceptors (Lipinski definition) is 3. The molecule has 1 amide bonds. The normalized spacial score (nSPS) is 22.7. The second-order valence-corrected chi connectivity index (χ2v) is 7.24. The number of carbonyl (C=O) groups is 1. The van der Waals surface area contributed by atoms with E-state index in [-0.39, 0.29) is 5.91 Å². The summed E-state index contributed by atoms with van der Waals surface area (Å²) in [5.74, 6) is 0.103. The molecule has 3 nitrogen and oxygen atoms in total. The molecule has 1 aromatic heterocycles. The van der Waals surface area contributed by atoms with E-state index in [0.717, 1.165) is 22.9 Å². The van der Waals surface area contributed by atoms with E-state index in [1.54, 1.807) is 0 Å². The summed E-state index contributed by atoms with van der Waals surface area (Å²) in [5, 5.41) is 1.01. The lowest BCUT2D eigenvalue weighted by Gasteiger charge is -2.38. The zero-order valence-corrected chi connectivity index (χ0v) is 13.7. The molecule has 4 heteroatoms. The number of hydrogen-bond donors (Lipinski definition) is 1. The van der Waals surface area contributed by atoms with Gasteiger partial charge in [-0.15, -0.1) is 11.3 Å². The molecule has 0 radical (unpaired) electrons. The number of benzene rings is 1. The SMILES string of the molecule is Cc1ccc2sc(C(=O)N3C(C)CCCC3C)c(N)c2c1. The number of likely N-dealkylation sites (tertiary alicyclic amines) is 1. The van der Waals surface area contributed by atoms with Gasteiger partial charge in [-0.1, -0.05) is 11.6 Å². The largest absolute Gasteiger partial charge is 0.397 e. The van der Waals surface area contributed by atoms with E-state index in [9.17, 15) is 4.79 Å². The number of piperidine rings is 1. The third-order valence-electron chi connectivity index (χ3n) is 4.50. The van der Waals surface area contributed by atoms with Crippen molar-refractivity contribution in [1.29, 1.82) is 0 Å². The third-order valence-corrected chi connectivity index (χ3v) is 5.68. The zero-order chi connectivity index (χ0) is 15.1. The van der Waals surface area contributed by atoms with Crippen LogP contribution in [0.1, 0.15) is 48.3 Å². The molecule has 1 saturated heterocycles. The van der Waals surface area contributed by atoms with Gasteiger partial charge in [0, 0.05) is 22.2 Å². The maximum Gasteiger partial charge on any atom is 0.266 e. The predicted octanol–water partition coefficient (Wildman–Crippen LogP) is 4.20. The Morgan fingerprint density at radius 2 is 1.95 bits per heavy atom. The van der Waals surface area contributed by atoms with Crippen LogP contribution in [0, 0.1) is 6.92 Å². The molecular weight excluding hydrogens is 280 g/mol. The Morgan fingerprint density at radius 1 is 1.29 bits per heavy atom. The minimum atomic E-state index is 0.103. The fourth-order valence-electron chi connectivity index (χ4n) is 3.33. The van der Waals surface area contributed by atoms with Crippen molar-refractivity contribution >= 4 is 33.0 Å². The third kappa shape index (κ3) is 2.42. The van der Waals surface area contributed by atoms with Crippen LogP contribution >= 0.6 is 11.3 Å². The number of nitrogen functional groups attached to an aromatic ring is 1. The van der Waals surface area contributed by atoms with E-state index in [2.05, 4.69) is 32.0 Å². The molecule has 2 N–H and O–H groups in total. The molecule has 2 unspecified atom stereocenters. The van der Waals surface area contributed by atoms with Crippen LogP contribution in [0.15, 0.2) is 18.2 Å². The van der Waals surface area contributed by atoms with Gasteiger partial charge in [-0.3, -0.25) is 4.79 Å². The molecule has 112 valence electrons. The van der Waals surface area contributed by atoms with Crippen molar-refractivity contribution in [3.05, 3.63) is 28.6 Å². The maximum atomic E-state index is 13.0. The summed E-state index contributed by atoms with van der Waals surface area (Å²) >= 11 is 1.52. The summed E-state index contributed by atoms with van der Waals surface area (Å²) in [6.45, 7) is 6.33. The summed E-state index contributed by atoms with van der Waals surface area (Å²) in [6, 6.07) is 6.80. The monoisotopic (exact) mass is 302 g/mol. The fraction of sp³-hybridized carbons (Fsp3) is 0.471. The highest BCUT2D eigenvalue weighted by Crippen LogP contribution is 2.36. The van der Waals surface area contributed by atoms with E-state index in [1.165, 1.54) is 23.3 Å². The Kier molecular flexibility index (Phi) is 3.66. The Bertz CT molecular complexity index is 681. The van der Waals surface area contributed by atoms with Gasteiger partial charge < -0.3 is 10.6 Å². The molecule has 2 heterocycles. The van der Waals surface area contributed by atoms with Gasteiger partial charge in [0.25, 0.3) is 5.91 Å². The van der Waals surface area contributed by atoms with Gasteiger partial charge in [-0.25, -0.2) is 0 Å². The first-order valence-corrected chi connectivity index (χ1v) is 8.42. The Labute approximate surface area is 129 Å². The number of amides is 1. The Morgan fingerprint density at radius 3 is 2.62 bits per heavy atom. The van der Waals surface area contributed by atoms with Gasteiger partial charge in [0.15, 0.2) is 0 Å². The average molecular weight is 302 g/mol. The standard InChI is InChI=1S/C17H22N2OS/c1-10-7-8-14-13(9-10)15(18)16(21-14)17(20)19-11(2)5-4-6-12(19)3/h7-9,11-12H,4-6,18H2,1-3H3. The summed E-state index contributed by atoms with van der Waals surface area (Å²) < 4.78 is 1.10. The molecule has 0 saturated carbocycles. The molecule has 1 aliphatic rings. The molecule has 1 aromatic carbocycles. The highest BCUT2D eigenvalue weighted by Gasteiger charge is 2.31. The average Bonchev–Trinajstić information content (AvgIpc) is 2.76. The zero-order valence-electron chi connectivity index (χ0n) is 12.8. The first-order valence-electron chi connectivity index (χ1n) is 7.60.